The van der Waals surface area contributed by atoms with Gasteiger partial charge < -0.3 is 5.32 Å². The van der Waals surface area contributed by atoms with Gasteiger partial charge in [-0.1, -0.05) is 0 Å². The van der Waals surface area contributed by atoms with Crippen LogP contribution in [-0.4, -0.2) is 35.1 Å². The van der Waals surface area contributed by atoms with Gasteiger partial charge in [-0.2, -0.15) is 0 Å². The largest absolute Gasteiger partial charge is 0.316 e. The smallest absolute Gasteiger partial charge is 0.141 e. The highest BCUT2D eigenvalue weighted by molar-refractivity contribution is 5.14. The average molecular weight is 263 g/mol. The van der Waals surface area contributed by atoms with Crippen LogP contribution in [0.15, 0.2) is 18.3 Å². The summed E-state index contributed by atoms with van der Waals surface area (Å²) in [5.41, 5.74) is 1.13. The Balaban J connectivity index is 1.84. The van der Waals surface area contributed by atoms with Crippen molar-refractivity contribution in [1.82, 2.24) is 15.2 Å². The van der Waals surface area contributed by atoms with E-state index in [1.54, 1.807) is 0 Å². The molecule has 2 fully saturated rings. The molecule has 0 aliphatic carbocycles. The van der Waals surface area contributed by atoms with Crippen LogP contribution in [0, 0.1) is 17.7 Å². The molecular weight excluding hydrogens is 241 g/mol. The molecule has 2 saturated heterocycles. The third kappa shape index (κ3) is 2.07. The first-order valence-electron chi connectivity index (χ1n) is 7.09. The molecule has 0 radical (unpaired) electrons. The maximum Gasteiger partial charge on any atom is 0.141 e. The van der Waals surface area contributed by atoms with Crippen LogP contribution in [0.5, 0.6) is 0 Å². The molecule has 0 spiro atoms. The number of nitrogens with zero attached hydrogens (tertiary/aromatic N) is 2. The lowest BCUT2D eigenvalue weighted by atomic mass is 9.84. The lowest BCUT2D eigenvalue weighted by Gasteiger charge is -2.39. The van der Waals surface area contributed by atoms with Crippen molar-refractivity contribution in [2.45, 2.75) is 32.4 Å². The Morgan fingerprint density at radius 3 is 2.84 bits per heavy atom. The number of fused-ring (bicyclic) bond motifs is 1. The number of nitrogens with one attached hydrogen (secondary N) is 1. The second-order valence-electron chi connectivity index (χ2n) is 6.41. The fourth-order valence-corrected chi connectivity index (χ4v) is 3.90. The molecule has 2 aliphatic heterocycles. The van der Waals surface area contributed by atoms with E-state index in [4.69, 9.17) is 0 Å². The summed E-state index contributed by atoms with van der Waals surface area (Å²) in [4.78, 5) is 6.78. The molecular formula is C15H22FN3. The second kappa shape index (κ2) is 4.53. The molecule has 3 heterocycles. The lowest BCUT2D eigenvalue weighted by molar-refractivity contribution is 0.0950. The van der Waals surface area contributed by atoms with Crippen LogP contribution >= 0.6 is 0 Å². The van der Waals surface area contributed by atoms with E-state index in [0.717, 1.165) is 31.2 Å². The van der Waals surface area contributed by atoms with Gasteiger partial charge in [-0.25, -0.2) is 4.39 Å². The molecule has 1 aromatic heterocycles. The minimum Gasteiger partial charge on any atom is -0.316 e. The minimum atomic E-state index is -0.266. The molecule has 3 atom stereocenters. The van der Waals surface area contributed by atoms with Crippen molar-refractivity contribution in [1.29, 1.82) is 0 Å². The van der Waals surface area contributed by atoms with E-state index in [9.17, 15) is 4.39 Å². The number of halogens is 1. The fourth-order valence-electron chi connectivity index (χ4n) is 3.90. The van der Waals surface area contributed by atoms with E-state index < -0.39 is 0 Å². The van der Waals surface area contributed by atoms with Crippen molar-refractivity contribution in [3.05, 3.63) is 29.8 Å². The standard InChI is InChI=1S/C15H22FN3/c1-10(14-5-4-12(16)7-18-14)19-9-11-6-17-8-13(11)15(19,2)3/h4-5,7,10-11,13,17H,6,8-9H2,1-3H3. The van der Waals surface area contributed by atoms with Crippen LogP contribution in [0.4, 0.5) is 4.39 Å². The van der Waals surface area contributed by atoms with Crippen LogP contribution in [0.1, 0.15) is 32.5 Å². The third-order valence-corrected chi connectivity index (χ3v) is 5.06. The van der Waals surface area contributed by atoms with E-state index in [-0.39, 0.29) is 17.4 Å². The predicted molar refractivity (Wildman–Crippen MR) is 73.2 cm³/mol. The van der Waals surface area contributed by atoms with Gasteiger partial charge in [-0.05, 0) is 51.3 Å². The van der Waals surface area contributed by atoms with Gasteiger partial charge in [0.05, 0.1) is 11.9 Å². The normalized spacial score (nSPS) is 31.4. The van der Waals surface area contributed by atoms with Gasteiger partial charge in [-0.3, -0.25) is 9.88 Å². The van der Waals surface area contributed by atoms with Gasteiger partial charge in [0.15, 0.2) is 0 Å². The summed E-state index contributed by atoms with van der Waals surface area (Å²) in [5, 5.41) is 3.49. The Bertz CT molecular complexity index is 457. The van der Waals surface area contributed by atoms with Crippen molar-refractivity contribution in [2.75, 3.05) is 19.6 Å². The van der Waals surface area contributed by atoms with Crippen molar-refractivity contribution >= 4 is 0 Å². The predicted octanol–water partition coefficient (Wildman–Crippen LogP) is 2.21. The Morgan fingerprint density at radius 2 is 2.21 bits per heavy atom. The number of hydrogen-bond acceptors (Lipinski definition) is 3. The summed E-state index contributed by atoms with van der Waals surface area (Å²) >= 11 is 0. The van der Waals surface area contributed by atoms with Crippen LogP contribution in [0.2, 0.25) is 0 Å². The molecule has 0 amide bonds. The third-order valence-electron chi connectivity index (χ3n) is 5.06. The zero-order valence-electron chi connectivity index (χ0n) is 11.9. The van der Waals surface area contributed by atoms with Gasteiger partial charge in [-0.15, -0.1) is 0 Å². The Labute approximate surface area is 114 Å². The summed E-state index contributed by atoms with van der Waals surface area (Å²) in [6.45, 7) is 10.2. The zero-order chi connectivity index (χ0) is 13.6. The van der Waals surface area contributed by atoms with Crippen LogP contribution < -0.4 is 5.32 Å². The van der Waals surface area contributed by atoms with Gasteiger partial charge in [0, 0.05) is 24.7 Å². The molecule has 104 valence electrons. The van der Waals surface area contributed by atoms with Crippen molar-refractivity contribution in [3.63, 3.8) is 0 Å². The summed E-state index contributed by atoms with van der Waals surface area (Å²) in [6, 6.07) is 3.55. The fraction of sp³-hybridized carbons (Fsp3) is 0.667. The lowest BCUT2D eigenvalue weighted by Crippen LogP contribution is -2.45. The Morgan fingerprint density at radius 1 is 1.42 bits per heavy atom. The van der Waals surface area contributed by atoms with E-state index in [0.29, 0.717) is 5.92 Å². The molecule has 0 saturated carbocycles. The van der Waals surface area contributed by atoms with E-state index >= 15 is 0 Å². The number of pyridine rings is 1. The molecule has 3 unspecified atom stereocenters. The number of likely N-dealkylation sites (tertiary alicyclic amines) is 1. The van der Waals surface area contributed by atoms with Gasteiger partial charge in [0.1, 0.15) is 5.82 Å². The topological polar surface area (TPSA) is 28.2 Å². The maximum absolute atomic E-state index is 13.0. The highest BCUT2D eigenvalue weighted by Crippen LogP contribution is 2.44. The summed E-state index contributed by atoms with van der Waals surface area (Å²) in [6.07, 6.45) is 1.32. The first-order chi connectivity index (χ1) is 9.00. The summed E-state index contributed by atoms with van der Waals surface area (Å²) in [5.74, 6) is 1.17. The summed E-state index contributed by atoms with van der Waals surface area (Å²) < 4.78 is 13.0. The van der Waals surface area contributed by atoms with E-state index in [2.05, 4.69) is 36.0 Å². The Kier molecular flexibility index (Phi) is 3.10. The number of rotatable bonds is 2. The molecule has 0 bridgehead atoms. The van der Waals surface area contributed by atoms with Gasteiger partial charge in [0.2, 0.25) is 0 Å². The second-order valence-corrected chi connectivity index (χ2v) is 6.41. The first kappa shape index (κ1) is 13.0. The van der Waals surface area contributed by atoms with Gasteiger partial charge in [0.25, 0.3) is 0 Å². The Hall–Kier alpha value is -1.00. The molecule has 3 rings (SSSR count). The van der Waals surface area contributed by atoms with Crippen molar-refractivity contribution in [3.8, 4) is 0 Å². The molecule has 3 nitrogen and oxygen atoms in total. The SMILES string of the molecule is CC(c1ccc(F)cn1)N1CC2CNCC2C1(C)C. The molecule has 19 heavy (non-hydrogen) atoms. The van der Waals surface area contributed by atoms with Crippen LogP contribution in [-0.2, 0) is 0 Å². The highest BCUT2D eigenvalue weighted by atomic mass is 19.1. The van der Waals surface area contributed by atoms with Crippen LogP contribution in [0.25, 0.3) is 0 Å². The minimum absolute atomic E-state index is 0.170. The number of aromatic nitrogens is 1. The zero-order valence-corrected chi connectivity index (χ0v) is 11.9. The molecule has 0 aromatic carbocycles. The van der Waals surface area contributed by atoms with E-state index in [1.165, 1.54) is 12.3 Å². The van der Waals surface area contributed by atoms with Crippen molar-refractivity contribution < 1.29 is 4.39 Å². The van der Waals surface area contributed by atoms with Crippen LogP contribution in [0.3, 0.4) is 0 Å². The average Bonchev–Trinajstić information content (AvgIpc) is 2.92. The van der Waals surface area contributed by atoms with Gasteiger partial charge >= 0.3 is 0 Å². The first-order valence-corrected chi connectivity index (χ1v) is 7.09. The molecule has 4 heteroatoms. The van der Waals surface area contributed by atoms with Crippen molar-refractivity contribution in [2.24, 2.45) is 11.8 Å². The quantitative estimate of drug-likeness (QED) is 0.886. The summed E-state index contributed by atoms with van der Waals surface area (Å²) in [7, 11) is 0. The molecule has 2 aliphatic rings. The molecule has 1 N–H and O–H groups in total. The monoisotopic (exact) mass is 263 g/mol. The molecule has 1 aromatic rings. The maximum atomic E-state index is 13.0. The van der Waals surface area contributed by atoms with E-state index in [1.807, 2.05) is 6.07 Å². The number of hydrogen-bond donors (Lipinski definition) is 1. The highest BCUT2D eigenvalue weighted by Gasteiger charge is 2.51.